The Bertz CT molecular complexity index is 165. The van der Waals surface area contributed by atoms with E-state index in [1.165, 1.54) is 0 Å². The third-order valence-corrected chi connectivity index (χ3v) is 4.29. The molecule has 1 heterocycles. The predicted octanol–water partition coefficient (Wildman–Crippen LogP) is 2.17. The Labute approximate surface area is 93.2 Å². The predicted molar refractivity (Wildman–Crippen MR) is 59.5 cm³/mol. The molecule has 1 atom stereocenters. The number of hydrogen-bond donors (Lipinski definition) is 0. The molecule has 5 heteroatoms. The Hall–Kier alpha value is 0.0569. The van der Waals surface area contributed by atoms with Gasteiger partial charge in [0.1, 0.15) is 0 Å². The molecule has 1 saturated heterocycles. The SMILES string of the molecule is CCCO[Si](C)(OCCC)OC1CCO1. The highest BCUT2D eigenvalue weighted by Crippen LogP contribution is 2.20. The molecule has 0 aliphatic carbocycles. The fraction of sp³-hybridized carbons (Fsp3) is 1.00. The van der Waals surface area contributed by atoms with Crippen molar-refractivity contribution in [1.82, 2.24) is 0 Å². The lowest BCUT2D eigenvalue weighted by molar-refractivity contribution is -0.190. The molecule has 0 aromatic heterocycles. The van der Waals surface area contributed by atoms with Gasteiger partial charge in [0.25, 0.3) is 0 Å². The lowest BCUT2D eigenvalue weighted by atomic mass is 10.4. The lowest BCUT2D eigenvalue weighted by Crippen LogP contribution is -2.49. The zero-order valence-electron chi connectivity index (χ0n) is 9.95. The van der Waals surface area contributed by atoms with E-state index in [1.807, 2.05) is 6.55 Å². The molecule has 15 heavy (non-hydrogen) atoms. The maximum Gasteiger partial charge on any atom is 0.499 e. The van der Waals surface area contributed by atoms with Crippen LogP contribution in [-0.4, -0.2) is 34.9 Å². The Morgan fingerprint density at radius 1 is 1.20 bits per heavy atom. The molecule has 1 aliphatic heterocycles. The van der Waals surface area contributed by atoms with E-state index < -0.39 is 8.80 Å². The minimum Gasteiger partial charge on any atom is -0.374 e. The largest absolute Gasteiger partial charge is 0.499 e. The molecule has 1 unspecified atom stereocenters. The second kappa shape index (κ2) is 6.60. The van der Waals surface area contributed by atoms with Gasteiger partial charge in [-0.25, -0.2) is 0 Å². The van der Waals surface area contributed by atoms with E-state index in [2.05, 4.69) is 13.8 Å². The Morgan fingerprint density at radius 2 is 1.73 bits per heavy atom. The van der Waals surface area contributed by atoms with Crippen molar-refractivity contribution < 1.29 is 18.0 Å². The summed E-state index contributed by atoms with van der Waals surface area (Å²) in [5, 5.41) is 0. The maximum absolute atomic E-state index is 5.75. The molecule has 90 valence electrons. The van der Waals surface area contributed by atoms with Crippen LogP contribution >= 0.6 is 0 Å². The average Bonchev–Trinajstić information content (AvgIpc) is 2.18. The summed E-state index contributed by atoms with van der Waals surface area (Å²) in [6.45, 7) is 8.28. The van der Waals surface area contributed by atoms with Crippen molar-refractivity contribution in [3.63, 3.8) is 0 Å². The van der Waals surface area contributed by atoms with Gasteiger partial charge >= 0.3 is 8.80 Å². The third kappa shape index (κ3) is 4.61. The minimum atomic E-state index is -2.45. The molecule has 0 bridgehead atoms. The second-order valence-corrected chi connectivity index (χ2v) is 6.30. The summed E-state index contributed by atoms with van der Waals surface area (Å²) < 4.78 is 22.4. The van der Waals surface area contributed by atoms with E-state index in [0.717, 1.165) is 25.9 Å². The van der Waals surface area contributed by atoms with E-state index in [0.29, 0.717) is 13.2 Å². The summed E-state index contributed by atoms with van der Waals surface area (Å²) in [5.74, 6) is 0. The summed E-state index contributed by atoms with van der Waals surface area (Å²) in [4.78, 5) is 0. The fourth-order valence-electron chi connectivity index (χ4n) is 1.23. The van der Waals surface area contributed by atoms with Crippen molar-refractivity contribution in [2.24, 2.45) is 0 Å². The van der Waals surface area contributed by atoms with Gasteiger partial charge in [0.2, 0.25) is 0 Å². The zero-order chi connectivity index (χ0) is 11.1. The van der Waals surface area contributed by atoms with Crippen LogP contribution < -0.4 is 0 Å². The van der Waals surface area contributed by atoms with Crippen molar-refractivity contribution in [2.75, 3.05) is 19.8 Å². The zero-order valence-corrected chi connectivity index (χ0v) is 11.0. The van der Waals surface area contributed by atoms with Gasteiger partial charge in [0.05, 0.1) is 6.61 Å². The number of hydrogen-bond acceptors (Lipinski definition) is 4. The van der Waals surface area contributed by atoms with Crippen LogP contribution in [0.1, 0.15) is 33.1 Å². The van der Waals surface area contributed by atoms with Crippen LogP contribution in [0.5, 0.6) is 0 Å². The highest BCUT2D eigenvalue weighted by Gasteiger charge is 2.39. The van der Waals surface area contributed by atoms with Crippen molar-refractivity contribution in [1.29, 1.82) is 0 Å². The van der Waals surface area contributed by atoms with Gasteiger partial charge in [-0.05, 0) is 12.8 Å². The van der Waals surface area contributed by atoms with Crippen molar-refractivity contribution in [3.05, 3.63) is 0 Å². The monoisotopic (exact) mass is 234 g/mol. The first kappa shape index (κ1) is 13.1. The molecular formula is C10H22O4Si. The van der Waals surface area contributed by atoms with E-state index in [4.69, 9.17) is 18.0 Å². The first-order chi connectivity index (χ1) is 7.20. The molecule has 0 aromatic carbocycles. The van der Waals surface area contributed by atoms with Gasteiger partial charge in [-0.3, -0.25) is 0 Å². The third-order valence-electron chi connectivity index (χ3n) is 2.14. The van der Waals surface area contributed by atoms with Crippen LogP contribution in [0.25, 0.3) is 0 Å². The normalized spacial score (nSPS) is 21.4. The quantitative estimate of drug-likeness (QED) is 0.603. The molecule has 4 nitrogen and oxygen atoms in total. The smallest absolute Gasteiger partial charge is 0.374 e. The Balaban J connectivity index is 2.33. The van der Waals surface area contributed by atoms with Gasteiger partial charge in [-0.2, -0.15) is 0 Å². The molecule has 0 spiro atoms. The van der Waals surface area contributed by atoms with E-state index in [1.54, 1.807) is 0 Å². The highest BCUT2D eigenvalue weighted by atomic mass is 28.4. The van der Waals surface area contributed by atoms with E-state index in [-0.39, 0.29) is 6.29 Å². The number of ether oxygens (including phenoxy) is 1. The first-order valence-corrected chi connectivity index (χ1v) is 8.00. The summed E-state index contributed by atoms with van der Waals surface area (Å²) in [6.07, 6.45) is 2.81. The molecule has 1 aliphatic rings. The van der Waals surface area contributed by atoms with Crippen LogP contribution in [0.4, 0.5) is 0 Å². The Morgan fingerprint density at radius 3 is 2.07 bits per heavy atom. The standard InChI is InChI=1S/C10H22O4Si/c1-4-7-12-15(3,13-8-5-2)14-10-6-9-11-10/h10H,4-9H2,1-3H3. The molecule has 0 radical (unpaired) electrons. The van der Waals surface area contributed by atoms with Gasteiger partial charge in [0, 0.05) is 26.2 Å². The van der Waals surface area contributed by atoms with E-state index >= 15 is 0 Å². The molecule has 0 aromatic rings. The Kier molecular flexibility index (Phi) is 5.77. The van der Waals surface area contributed by atoms with Crippen LogP contribution in [0.15, 0.2) is 0 Å². The molecule has 1 rings (SSSR count). The molecular weight excluding hydrogens is 212 g/mol. The summed E-state index contributed by atoms with van der Waals surface area (Å²) in [7, 11) is -2.45. The number of rotatable bonds is 8. The maximum atomic E-state index is 5.75. The molecule has 0 N–H and O–H groups in total. The minimum absolute atomic E-state index is 0.102. The molecule has 0 saturated carbocycles. The van der Waals surface area contributed by atoms with Crippen LogP contribution in [-0.2, 0) is 18.0 Å². The van der Waals surface area contributed by atoms with Gasteiger partial charge in [0.15, 0.2) is 6.29 Å². The van der Waals surface area contributed by atoms with Crippen LogP contribution in [0, 0.1) is 0 Å². The topological polar surface area (TPSA) is 36.9 Å². The lowest BCUT2D eigenvalue weighted by Gasteiger charge is -2.34. The van der Waals surface area contributed by atoms with Gasteiger partial charge in [-0.1, -0.05) is 13.8 Å². The molecule has 0 amide bonds. The fourth-order valence-corrected chi connectivity index (χ4v) is 3.26. The first-order valence-electron chi connectivity index (χ1n) is 5.77. The van der Waals surface area contributed by atoms with Crippen LogP contribution in [0.3, 0.4) is 0 Å². The van der Waals surface area contributed by atoms with Crippen molar-refractivity contribution >= 4 is 8.80 Å². The van der Waals surface area contributed by atoms with Crippen molar-refractivity contribution in [3.8, 4) is 0 Å². The van der Waals surface area contributed by atoms with Crippen molar-refractivity contribution in [2.45, 2.75) is 45.9 Å². The average molecular weight is 234 g/mol. The van der Waals surface area contributed by atoms with Gasteiger partial charge in [-0.15, -0.1) is 0 Å². The summed E-state index contributed by atoms with van der Waals surface area (Å²) in [6, 6.07) is 0. The van der Waals surface area contributed by atoms with Gasteiger partial charge < -0.3 is 18.0 Å². The highest BCUT2D eigenvalue weighted by molar-refractivity contribution is 6.59. The molecule has 1 fully saturated rings. The second-order valence-electron chi connectivity index (χ2n) is 3.77. The summed E-state index contributed by atoms with van der Waals surface area (Å²) in [5.41, 5.74) is 0. The van der Waals surface area contributed by atoms with Crippen LogP contribution in [0.2, 0.25) is 6.55 Å². The van der Waals surface area contributed by atoms with E-state index in [9.17, 15) is 0 Å². The summed E-state index contributed by atoms with van der Waals surface area (Å²) >= 11 is 0.